The van der Waals surface area contributed by atoms with Gasteiger partial charge in [-0.1, -0.05) is 78.9 Å². The van der Waals surface area contributed by atoms with Crippen LogP contribution in [-0.2, 0) is 9.59 Å². The number of nitrogens with zero attached hydrogens (tertiary/aromatic N) is 3. The highest BCUT2D eigenvalue weighted by Gasteiger charge is 2.60. The molecule has 0 atom stereocenters. The molecule has 1 fully saturated rings. The zero-order valence-corrected chi connectivity index (χ0v) is 25.8. The summed E-state index contributed by atoms with van der Waals surface area (Å²) >= 11 is 3.37. The molecule has 2 amide bonds. The van der Waals surface area contributed by atoms with Crippen molar-refractivity contribution in [1.82, 2.24) is 9.97 Å². The third-order valence-electron chi connectivity index (χ3n) is 9.34. The summed E-state index contributed by atoms with van der Waals surface area (Å²) in [6.45, 7) is 7.29. The van der Waals surface area contributed by atoms with Crippen molar-refractivity contribution in [2.45, 2.75) is 27.7 Å². The van der Waals surface area contributed by atoms with Gasteiger partial charge in [-0.2, -0.15) is 0 Å². The molecule has 7 heteroatoms. The lowest BCUT2D eigenvalue weighted by Gasteiger charge is -2.28. The average molecular weight is 598 g/mol. The van der Waals surface area contributed by atoms with E-state index in [1.54, 1.807) is 11.3 Å². The zero-order valence-electron chi connectivity index (χ0n) is 24.1. The molecule has 0 unspecified atom stereocenters. The van der Waals surface area contributed by atoms with Gasteiger partial charge in [-0.25, -0.2) is 14.9 Å². The first kappa shape index (κ1) is 26.2. The van der Waals surface area contributed by atoms with Crippen molar-refractivity contribution in [1.29, 1.82) is 0 Å². The minimum atomic E-state index is -0.877. The second kappa shape index (κ2) is 9.02. The van der Waals surface area contributed by atoms with E-state index in [0.717, 1.165) is 31.4 Å². The van der Waals surface area contributed by atoms with E-state index >= 15 is 0 Å². The third kappa shape index (κ3) is 3.61. The van der Waals surface area contributed by atoms with Crippen LogP contribution in [0.3, 0.4) is 0 Å². The van der Waals surface area contributed by atoms with E-state index < -0.39 is 10.8 Å². The molecule has 0 saturated carbocycles. The van der Waals surface area contributed by atoms with Gasteiger partial charge < -0.3 is 0 Å². The van der Waals surface area contributed by atoms with Crippen LogP contribution in [-0.4, -0.2) is 21.8 Å². The van der Waals surface area contributed by atoms with E-state index in [4.69, 9.17) is 9.97 Å². The molecule has 1 aliphatic heterocycles. The maximum atomic E-state index is 13.6. The van der Waals surface area contributed by atoms with Crippen molar-refractivity contribution in [2.24, 2.45) is 10.8 Å². The second-order valence-electron chi connectivity index (χ2n) is 12.2. The van der Waals surface area contributed by atoms with Gasteiger partial charge in [-0.05, 0) is 51.0 Å². The van der Waals surface area contributed by atoms with Crippen LogP contribution in [0.1, 0.15) is 27.7 Å². The quantitative estimate of drug-likeness (QED) is 0.190. The zero-order chi connectivity index (χ0) is 29.7. The van der Waals surface area contributed by atoms with E-state index in [9.17, 15) is 9.59 Å². The van der Waals surface area contributed by atoms with Crippen LogP contribution in [0, 0.1) is 10.8 Å². The number of aromatic nitrogens is 2. The molecule has 0 spiro atoms. The van der Waals surface area contributed by atoms with Crippen LogP contribution in [0.2, 0.25) is 0 Å². The lowest BCUT2D eigenvalue weighted by atomic mass is 9.70. The van der Waals surface area contributed by atoms with Crippen LogP contribution in [0.25, 0.3) is 62.9 Å². The molecule has 210 valence electrons. The van der Waals surface area contributed by atoms with E-state index in [2.05, 4.69) is 78.9 Å². The highest BCUT2D eigenvalue weighted by atomic mass is 32.1. The van der Waals surface area contributed by atoms with Gasteiger partial charge in [0.05, 0.1) is 16.5 Å². The van der Waals surface area contributed by atoms with Gasteiger partial charge in [-0.3, -0.25) is 9.59 Å². The fourth-order valence-electron chi connectivity index (χ4n) is 6.07. The number of benzene rings is 4. The molecular weight excluding hydrogens is 571 g/mol. The molecule has 43 heavy (non-hydrogen) atoms. The lowest BCUT2D eigenvalue weighted by Crippen LogP contribution is -2.35. The van der Waals surface area contributed by atoms with E-state index in [1.807, 2.05) is 51.2 Å². The van der Waals surface area contributed by atoms with Crippen molar-refractivity contribution < 1.29 is 9.59 Å². The number of hydrogen-bond acceptors (Lipinski definition) is 6. The first-order valence-electron chi connectivity index (χ1n) is 14.3. The van der Waals surface area contributed by atoms with Crippen LogP contribution in [0.5, 0.6) is 0 Å². The summed E-state index contributed by atoms with van der Waals surface area (Å²) < 4.78 is 3.63. The van der Waals surface area contributed by atoms with E-state index in [1.165, 1.54) is 30.6 Å². The molecule has 0 bridgehead atoms. The first-order chi connectivity index (χ1) is 20.7. The van der Waals surface area contributed by atoms with Crippen LogP contribution >= 0.6 is 22.7 Å². The number of anilines is 1. The highest BCUT2D eigenvalue weighted by molar-refractivity contribution is 7.26. The lowest BCUT2D eigenvalue weighted by molar-refractivity contribution is -0.129. The largest absolute Gasteiger partial charge is 0.273 e. The predicted octanol–water partition coefficient (Wildman–Crippen LogP) is 9.47. The maximum Gasteiger partial charge on any atom is 0.242 e. The fraction of sp³-hybridized carbons (Fsp3) is 0.167. The Bertz CT molecular complexity index is 2270. The summed E-state index contributed by atoms with van der Waals surface area (Å²) in [7, 11) is 0. The Balaban J connectivity index is 1.31. The average Bonchev–Trinajstić information content (AvgIpc) is 3.62. The molecule has 5 nitrogen and oxygen atoms in total. The Kier molecular flexibility index (Phi) is 5.49. The minimum Gasteiger partial charge on any atom is -0.273 e. The third-order valence-corrected chi connectivity index (χ3v) is 11.6. The standard InChI is InChI=1S/C36H27N3O2S2/c1-35(2)32(40)39(33(41)36(35,3)4)34-37-29(28-25-11-6-8-15-27(25)43-31(28)38-34)21-18-16-20(17-19-21)22-12-9-13-24-23-10-5-7-14-26(23)42-30(22)24/h5-19H,1-4H3. The molecule has 0 N–H and O–H groups in total. The summed E-state index contributed by atoms with van der Waals surface area (Å²) in [6, 6.07) is 31.6. The molecule has 1 aliphatic rings. The molecule has 8 rings (SSSR count). The molecule has 7 aromatic rings. The maximum absolute atomic E-state index is 13.6. The second-order valence-corrected chi connectivity index (χ2v) is 14.3. The number of fused-ring (bicyclic) bond motifs is 6. The van der Waals surface area contributed by atoms with Gasteiger partial charge in [0, 0.05) is 41.2 Å². The van der Waals surface area contributed by atoms with Crippen LogP contribution in [0.15, 0.2) is 91.0 Å². The van der Waals surface area contributed by atoms with Gasteiger partial charge in [0.15, 0.2) is 0 Å². The minimum absolute atomic E-state index is 0.141. The number of carbonyl (C=O) groups excluding carboxylic acids is 2. The number of carbonyl (C=O) groups is 2. The predicted molar refractivity (Wildman–Crippen MR) is 179 cm³/mol. The van der Waals surface area contributed by atoms with E-state index in [-0.39, 0.29) is 17.8 Å². The summed E-state index contributed by atoms with van der Waals surface area (Å²) in [5.41, 5.74) is 2.18. The normalized spacial score (nSPS) is 16.3. The SMILES string of the molecule is CC1(C)C(=O)N(c2nc(-c3ccc(-c4cccc5c4sc4ccccc45)cc3)c3c(n2)sc2ccccc23)C(=O)C1(C)C. The van der Waals surface area contributed by atoms with Crippen molar-refractivity contribution in [3.05, 3.63) is 91.0 Å². The fourth-order valence-corrected chi connectivity index (χ4v) is 8.38. The van der Waals surface area contributed by atoms with E-state index in [0.29, 0.717) is 5.69 Å². The number of amides is 2. The first-order valence-corrected chi connectivity index (χ1v) is 15.9. The molecule has 4 heterocycles. The topological polar surface area (TPSA) is 63.2 Å². The molecule has 0 radical (unpaired) electrons. The van der Waals surface area contributed by atoms with Crippen LogP contribution < -0.4 is 4.90 Å². The molecule has 3 aromatic heterocycles. The Morgan fingerprint density at radius 2 is 1.19 bits per heavy atom. The van der Waals surface area contributed by atoms with Gasteiger partial charge >= 0.3 is 0 Å². The Hall–Kier alpha value is -4.46. The molecule has 4 aromatic carbocycles. The van der Waals surface area contributed by atoms with Crippen molar-refractivity contribution in [3.63, 3.8) is 0 Å². The number of rotatable bonds is 3. The number of imide groups is 1. The Labute approximate surface area is 256 Å². The molecule has 1 saturated heterocycles. The summed E-state index contributed by atoms with van der Waals surface area (Å²) in [4.78, 5) is 39.0. The molecular formula is C36H27N3O2S2. The van der Waals surface area contributed by atoms with Gasteiger partial charge in [-0.15, -0.1) is 22.7 Å². The Morgan fingerprint density at radius 1 is 0.605 bits per heavy atom. The van der Waals surface area contributed by atoms with Crippen molar-refractivity contribution in [3.8, 4) is 22.4 Å². The van der Waals surface area contributed by atoms with Gasteiger partial charge in [0.1, 0.15) is 4.83 Å². The van der Waals surface area contributed by atoms with Gasteiger partial charge in [0.2, 0.25) is 17.8 Å². The summed E-state index contributed by atoms with van der Waals surface area (Å²) in [5.74, 6) is -0.414. The number of hydrogen-bond donors (Lipinski definition) is 0. The summed E-state index contributed by atoms with van der Waals surface area (Å²) in [6.07, 6.45) is 0. The Morgan fingerprint density at radius 3 is 1.88 bits per heavy atom. The molecule has 0 aliphatic carbocycles. The van der Waals surface area contributed by atoms with Crippen molar-refractivity contribution >= 4 is 80.9 Å². The van der Waals surface area contributed by atoms with Crippen molar-refractivity contribution in [2.75, 3.05) is 4.90 Å². The van der Waals surface area contributed by atoms with Crippen LogP contribution in [0.4, 0.5) is 5.95 Å². The van der Waals surface area contributed by atoms with Gasteiger partial charge in [0.25, 0.3) is 0 Å². The smallest absolute Gasteiger partial charge is 0.242 e. The number of thiophene rings is 2. The monoisotopic (exact) mass is 597 g/mol. The summed E-state index contributed by atoms with van der Waals surface area (Å²) in [5, 5.41) is 4.53. The highest BCUT2D eigenvalue weighted by Crippen LogP contribution is 2.49.